The highest BCUT2D eigenvalue weighted by Gasteiger charge is 2.46. The summed E-state index contributed by atoms with van der Waals surface area (Å²) in [5.41, 5.74) is 0.710. The summed E-state index contributed by atoms with van der Waals surface area (Å²) in [4.78, 5) is 23.9. The number of amides is 1. The molecule has 0 bridgehead atoms. The van der Waals surface area contributed by atoms with Crippen molar-refractivity contribution in [3.8, 4) is 0 Å². The molecular weight excluding hydrogens is 288 g/mol. The molecule has 1 aromatic carbocycles. The molecule has 6 heteroatoms. The molecule has 21 heavy (non-hydrogen) atoms. The molecule has 3 rings (SSSR count). The SMILES string of the molecule is CC1C=CCS[C@@]12C=CC(=O)N2c1ccc([N+](=O)[O-])cc1. The summed E-state index contributed by atoms with van der Waals surface area (Å²) in [7, 11) is 0. The van der Waals surface area contributed by atoms with Gasteiger partial charge in [-0.15, -0.1) is 11.8 Å². The fourth-order valence-electron chi connectivity index (χ4n) is 2.74. The van der Waals surface area contributed by atoms with E-state index in [4.69, 9.17) is 0 Å². The maximum absolute atomic E-state index is 12.3. The Morgan fingerprint density at radius 1 is 1.38 bits per heavy atom. The van der Waals surface area contributed by atoms with Gasteiger partial charge in [0.25, 0.3) is 11.6 Å². The maximum Gasteiger partial charge on any atom is 0.269 e. The molecule has 1 amide bonds. The lowest BCUT2D eigenvalue weighted by Gasteiger charge is -2.42. The van der Waals surface area contributed by atoms with Crippen LogP contribution in [-0.4, -0.2) is 21.5 Å². The molecule has 0 saturated heterocycles. The molecule has 5 nitrogen and oxygen atoms in total. The number of hydrogen-bond acceptors (Lipinski definition) is 4. The summed E-state index contributed by atoms with van der Waals surface area (Å²) < 4.78 is 0. The number of thioether (sulfide) groups is 1. The van der Waals surface area contributed by atoms with Crippen molar-refractivity contribution in [1.82, 2.24) is 0 Å². The number of nitrogens with zero attached hydrogens (tertiary/aromatic N) is 2. The van der Waals surface area contributed by atoms with Crippen molar-refractivity contribution in [3.63, 3.8) is 0 Å². The van der Waals surface area contributed by atoms with Crippen LogP contribution in [-0.2, 0) is 4.79 Å². The van der Waals surface area contributed by atoms with E-state index in [1.165, 1.54) is 12.1 Å². The van der Waals surface area contributed by atoms with Gasteiger partial charge in [-0.1, -0.05) is 19.1 Å². The monoisotopic (exact) mass is 302 g/mol. The van der Waals surface area contributed by atoms with Crippen LogP contribution in [0.3, 0.4) is 0 Å². The Balaban J connectivity index is 2.01. The Morgan fingerprint density at radius 3 is 2.71 bits per heavy atom. The highest BCUT2D eigenvalue weighted by molar-refractivity contribution is 8.01. The molecule has 0 aromatic heterocycles. The summed E-state index contributed by atoms with van der Waals surface area (Å²) in [5, 5.41) is 10.7. The lowest BCUT2D eigenvalue weighted by Crippen LogP contribution is -2.49. The van der Waals surface area contributed by atoms with Crippen molar-refractivity contribution in [2.45, 2.75) is 11.8 Å². The van der Waals surface area contributed by atoms with Crippen molar-refractivity contribution in [2.75, 3.05) is 10.7 Å². The molecule has 1 aromatic rings. The molecule has 0 N–H and O–H groups in total. The Hall–Kier alpha value is -2.08. The van der Waals surface area contributed by atoms with Crippen LogP contribution in [0, 0.1) is 16.0 Å². The Morgan fingerprint density at radius 2 is 2.10 bits per heavy atom. The van der Waals surface area contributed by atoms with Crippen LogP contribution in [0.5, 0.6) is 0 Å². The van der Waals surface area contributed by atoms with E-state index in [0.29, 0.717) is 5.69 Å². The molecule has 0 fully saturated rings. The third-order valence-electron chi connectivity index (χ3n) is 3.84. The van der Waals surface area contributed by atoms with E-state index < -0.39 is 9.79 Å². The highest BCUT2D eigenvalue weighted by Crippen LogP contribution is 2.47. The summed E-state index contributed by atoms with van der Waals surface area (Å²) in [6, 6.07) is 6.14. The highest BCUT2D eigenvalue weighted by atomic mass is 32.2. The lowest BCUT2D eigenvalue weighted by atomic mass is 9.99. The van der Waals surface area contributed by atoms with Crippen LogP contribution < -0.4 is 4.90 Å². The number of carbonyl (C=O) groups is 1. The predicted octanol–water partition coefficient (Wildman–Crippen LogP) is 3.13. The largest absolute Gasteiger partial charge is 0.290 e. The molecule has 1 spiro atoms. The average molecular weight is 302 g/mol. The van der Waals surface area contributed by atoms with Gasteiger partial charge >= 0.3 is 0 Å². The standard InChI is InChI=1S/C15H14N2O3S/c1-11-3-2-10-21-15(11)9-8-14(18)16(15)12-4-6-13(7-5-12)17(19)20/h2-9,11H,10H2,1H3/t11?,15-/m0/s1. The fraction of sp³-hybridized carbons (Fsp3) is 0.267. The zero-order valence-corrected chi connectivity index (χ0v) is 12.2. The molecule has 0 saturated carbocycles. The number of anilines is 1. The van der Waals surface area contributed by atoms with E-state index in [-0.39, 0.29) is 17.5 Å². The minimum atomic E-state index is -0.440. The van der Waals surface area contributed by atoms with Crippen LogP contribution in [0.2, 0.25) is 0 Å². The van der Waals surface area contributed by atoms with Crippen molar-refractivity contribution in [3.05, 3.63) is 58.7 Å². The second kappa shape index (κ2) is 5.04. The number of nitro groups is 1. The number of hydrogen-bond donors (Lipinski definition) is 0. The lowest BCUT2D eigenvalue weighted by molar-refractivity contribution is -0.384. The van der Waals surface area contributed by atoms with Crippen molar-refractivity contribution in [1.29, 1.82) is 0 Å². The minimum Gasteiger partial charge on any atom is -0.290 e. The first-order valence-electron chi connectivity index (χ1n) is 6.63. The molecule has 0 aliphatic carbocycles. The topological polar surface area (TPSA) is 63.5 Å². The molecule has 1 unspecified atom stereocenters. The Bertz CT molecular complexity index is 653. The predicted molar refractivity (Wildman–Crippen MR) is 83.2 cm³/mol. The van der Waals surface area contributed by atoms with E-state index in [1.807, 2.05) is 6.08 Å². The number of carbonyl (C=O) groups excluding carboxylic acids is 1. The van der Waals surface area contributed by atoms with Crippen LogP contribution >= 0.6 is 11.8 Å². The number of nitro benzene ring substituents is 1. The normalized spacial score (nSPS) is 27.6. The second-order valence-electron chi connectivity index (χ2n) is 5.06. The average Bonchev–Trinajstić information content (AvgIpc) is 2.80. The number of benzene rings is 1. The molecule has 0 radical (unpaired) electrons. The van der Waals surface area contributed by atoms with Crippen LogP contribution in [0.1, 0.15) is 6.92 Å². The molecule has 2 aliphatic heterocycles. The van der Waals surface area contributed by atoms with E-state index in [2.05, 4.69) is 19.1 Å². The van der Waals surface area contributed by atoms with E-state index in [0.717, 1.165) is 5.75 Å². The quantitative estimate of drug-likeness (QED) is 0.478. The van der Waals surface area contributed by atoms with Crippen LogP contribution in [0.4, 0.5) is 11.4 Å². The smallest absolute Gasteiger partial charge is 0.269 e. The first kappa shape index (κ1) is 13.9. The van der Waals surface area contributed by atoms with E-state index in [9.17, 15) is 14.9 Å². The van der Waals surface area contributed by atoms with Gasteiger partial charge in [0.1, 0.15) is 4.87 Å². The van der Waals surface area contributed by atoms with Crippen molar-refractivity contribution in [2.24, 2.45) is 5.92 Å². The zero-order valence-electron chi connectivity index (χ0n) is 11.4. The van der Waals surface area contributed by atoms with Gasteiger partial charge in [-0.25, -0.2) is 0 Å². The summed E-state index contributed by atoms with van der Waals surface area (Å²) in [6.07, 6.45) is 7.74. The second-order valence-corrected chi connectivity index (χ2v) is 6.34. The Labute approximate surface area is 126 Å². The van der Waals surface area contributed by atoms with Crippen molar-refractivity contribution < 1.29 is 9.72 Å². The van der Waals surface area contributed by atoms with Crippen LogP contribution in [0.25, 0.3) is 0 Å². The van der Waals surface area contributed by atoms with E-state index in [1.54, 1.807) is 34.9 Å². The summed E-state index contributed by atoms with van der Waals surface area (Å²) in [6.45, 7) is 2.07. The minimum absolute atomic E-state index is 0.0247. The summed E-state index contributed by atoms with van der Waals surface area (Å²) in [5.74, 6) is 0.929. The first-order valence-corrected chi connectivity index (χ1v) is 7.62. The first-order chi connectivity index (χ1) is 10.0. The fourth-order valence-corrected chi connectivity index (χ4v) is 4.05. The summed E-state index contributed by atoms with van der Waals surface area (Å²) >= 11 is 1.70. The molecule has 2 heterocycles. The molecular formula is C15H14N2O3S. The zero-order chi connectivity index (χ0) is 15.0. The van der Waals surface area contributed by atoms with Gasteiger partial charge in [0, 0.05) is 35.6 Å². The van der Waals surface area contributed by atoms with Gasteiger partial charge in [0.2, 0.25) is 0 Å². The van der Waals surface area contributed by atoms with Gasteiger partial charge in [-0.2, -0.15) is 0 Å². The number of rotatable bonds is 2. The third kappa shape index (κ3) is 2.15. The van der Waals surface area contributed by atoms with Crippen LogP contribution in [0.15, 0.2) is 48.6 Å². The molecule has 108 valence electrons. The molecule has 2 atom stereocenters. The van der Waals surface area contributed by atoms with Gasteiger partial charge in [-0.05, 0) is 18.2 Å². The maximum atomic E-state index is 12.3. The van der Waals surface area contributed by atoms with Gasteiger partial charge in [0.05, 0.1) is 4.92 Å². The Kier molecular flexibility index (Phi) is 3.33. The third-order valence-corrected chi connectivity index (χ3v) is 5.35. The van der Waals surface area contributed by atoms with Crippen molar-refractivity contribution >= 4 is 29.0 Å². The molecule has 2 aliphatic rings. The van der Waals surface area contributed by atoms with Gasteiger partial charge in [-0.3, -0.25) is 19.8 Å². The number of non-ortho nitro benzene ring substituents is 1. The van der Waals surface area contributed by atoms with Gasteiger partial charge in [0.15, 0.2) is 0 Å². The van der Waals surface area contributed by atoms with E-state index >= 15 is 0 Å². The van der Waals surface area contributed by atoms with Gasteiger partial charge < -0.3 is 0 Å².